The number of primary amides is 1. The van der Waals surface area contributed by atoms with Crippen LogP contribution in [0, 0.1) is 0 Å². The Kier molecular flexibility index (Phi) is 11.5. The summed E-state index contributed by atoms with van der Waals surface area (Å²) in [5.74, 6) is -4.28. The van der Waals surface area contributed by atoms with Gasteiger partial charge in [0.2, 0.25) is 11.8 Å². The summed E-state index contributed by atoms with van der Waals surface area (Å²) in [5.41, 5.74) is 5.21. The number of aromatic nitrogens is 3. The lowest BCUT2D eigenvalue weighted by atomic mass is 10.0. The minimum absolute atomic E-state index is 0. The third-order valence-corrected chi connectivity index (χ3v) is 5.78. The topological polar surface area (TPSA) is 208 Å². The van der Waals surface area contributed by atoms with Crippen molar-refractivity contribution in [3.05, 3.63) is 65.6 Å². The van der Waals surface area contributed by atoms with Crippen molar-refractivity contribution < 1.29 is 38.6 Å². The van der Waals surface area contributed by atoms with E-state index in [0.717, 1.165) is 10.5 Å². The predicted octanol–water partition coefficient (Wildman–Crippen LogP) is 0.773. The molecule has 5 N–H and O–H groups in total. The van der Waals surface area contributed by atoms with E-state index in [1.165, 1.54) is 20.9 Å². The molecule has 0 fully saturated rings. The molecule has 226 valence electrons. The van der Waals surface area contributed by atoms with Crippen molar-refractivity contribution in [3.8, 4) is 0 Å². The van der Waals surface area contributed by atoms with E-state index in [1.807, 2.05) is 30.3 Å². The summed E-state index contributed by atoms with van der Waals surface area (Å²) in [7, 11) is 1.36. The Balaban J connectivity index is 0.00000616. The van der Waals surface area contributed by atoms with Crippen LogP contribution in [0.1, 0.15) is 44.4 Å². The van der Waals surface area contributed by atoms with Gasteiger partial charge < -0.3 is 35.8 Å². The summed E-state index contributed by atoms with van der Waals surface area (Å²) in [4.78, 5) is 60.5. The second-order valence-corrected chi connectivity index (χ2v) is 9.56. The molecule has 0 radical (unpaired) electrons. The van der Waals surface area contributed by atoms with Crippen LogP contribution in [0.4, 0.5) is 4.79 Å². The lowest BCUT2D eigenvalue weighted by molar-refractivity contribution is -0.151. The van der Waals surface area contributed by atoms with Crippen molar-refractivity contribution in [2.24, 2.45) is 5.73 Å². The van der Waals surface area contributed by atoms with Crippen molar-refractivity contribution in [2.75, 3.05) is 20.2 Å². The molecule has 1 aromatic carbocycles. The summed E-state index contributed by atoms with van der Waals surface area (Å²) in [6, 6.07) is 13.4. The van der Waals surface area contributed by atoms with Gasteiger partial charge in [-0.15, -0.1) is 10.2 Å². The number of benzene rings is 1. The quantitative estimate of drug-likeness (QED) is 0.220. The van der Waals surface area contributed by atoms with Crippen LogP contribution < -0.4 is 16.4 Å². The van der Waals surface area contributed by atoms with Crippen molar-refractivity contribution in [1.29, 1.82) is 0 Å². The van der Waals surface area contributed by atoms with Gasteiger partial charge in [-0.25, -0.2) is 9.59 Å². The highest BCUT2D eigenvalue weighted by atomic mass is 16.6. The monoisotopic (exact) mass is 585 g/mol. The molecule has 0 aliphatic rings. The maximum atomic E-state index is 13.2. The minimum Gasteiger partial charge on any atom is -0.474 e. The summed E-state index contributed by atoms with van der Waals surface area (Å²) in [6.07, 6.45) is -0.789. The molecule has 3 aromatic rings. The number of fused-ring (bicyclic) bond motifs is 1. The number of hydrogen-bond donors (Lipinski definition) is 4. The first kappa shape index (κ1) is 33.2. The number of aliphatic carboxylic acids is 1. The molecule has 2 heterocycles. The van der Waals surface area contributed by atoms with Gasteiger partial charge >= 0.3 is 18.0 Å². The molecule has 15 heteroatoms. The first-order valence-electron chi connectivity index (χ1n) is 12.4. The highest BCUT2D eigenvalue weighted by Gasteiger charge is 2.34. The van der Waals surface area contributed by atoms with Crippen LogP contribution in [0.15, 0.2) is 48.5 Å². The number of amides is 4. The average Bonchev–Trinajstić information content (AvgIpc) is 3.35. The third-order valence-electron chi connectivity index (χ3n) is 5.78. The standard InChI is InChI=1S/C26H31N7O8.CH4/c1-26(2,29-22(35)23(36)37)24(38)28-18(15-40-13-16-8-5-4-6-9-16)21-31-30-20-11-7-10-17(33(20)21)14-41-25(39)32(3)12-19(27)34;/h4-11,18H,12-15H2,1-3H3,(H2,27,34)(H,28,38)(H,29,35)(H,36,37);1H4/t18-;/m1./s1. The van der Waals surface area contributed by atoms with Gasteiger partial charge in [-0.05, 0) is 31.5 Å². The van der Waals surface area contributed by atoms with Crippen LogP contribution >= 0.6 is 0 Å². The highest BCUT2D eigenvalue weighted by Crippen LogP contribution is 2.19. The van der Waals surface area contributed by atoms with Crippen LogP contribution in [0.25, 0.3) is 5.65 Å². The number of carboxylic acids is 1. The molecule has 0 unspecified atom stereocenters. The second kappa shape index (κ2) is 14.5. The number of ether oxygens (including phenoxy) is 2. The normalized spacial score (nSPS) is 11.6. The molecular weight excluding hydrogens is 550 g/mol. The number of pyridine rings is 1. The second-order valence-electron chi connectivity index (χ2n) is 9.56. The van der Waals surface area contributed by atoms with Gasteiger partial charge in [0.1, 0.15) is 24.7 Å². The van der Waals surface area contributed by atoms with E-state index in [4.69, 9.17) is 20.3 Å². The highest BCUT2D eigenvalue weighted by molar-refractivity contribution is 6.32. The zero-order chi connectivity index (χ0) is 30.2. The molecular formula is C27H35N7O8. The fourth-order valence-corrected chi connectivity index (χ4v) is 3.70. The molecule has 2 aromatic heterocycles. The molecule has 0 aliphatic heterocycles. The maximum absolute atomic E-state index is 13.2. The first-order chi connectivity index (χ1) is 19.4. The van der Waals surface area contributed by atoms with E-state index in [-0.39, 0.29) is 39.6 Å². The molecule has 0 spiro atoms. The van der Waals surface area contributed by atoms with E-state index in [9.17, 15) is 24.0 Å². The molecule has 42 heavy (non-hydrogen) atoms. The van der Waals surface area contributed by atoms with Crippen molar-refractivity contribution >= 4 is 35.4 Å². The van der Waals surface area contributed by atoms with E-state index < -0.39 is 41.4 Å². The Labute approximate surface area is 242 Å². The smallest absolute Gasteiger partial charge is 0.410 e. The molecule has 0 bridgehead atoms. The molecule has 0 saturated carbocycles. The molecule has 0 saturated heterocycles. The maximum Gasteiger partial charge on any atom is 0.410 e. The largest absolute Gasteiger partial charge is 0.474 e. The Bertz CT molecular complexity index is 1420. The van der Waals surface area contributed by atoms with Crippen LogP contribution in [0.2, 0.25) is 0 Å². The van der Waals surface area contributed by atoms with E-state index >= 15 is 0 Å². The van der Waals surface area contributed by atoms with Crippen LogP contribution in [-0.2, 0) is 41.9 Å². The van der Waals surface area contributed by atoms with E-state index in [0.29, 0.717) is 11.3 Å². The summed E-state index contributed by atoms with van der Waals surface area (Å²) in [6.45, 7) is 2.25. The number of carboxylic acid groups (broad SMARTS) is 1. The van der Waals surface area contributed by atoms with Crippen molar-refractivity contribution in [3.63, 3.8) is 0 Å². The lowest BCUT2D eigenvalue weighted by Gasteiger charge is -2.27. The Morgan fingerprint density at radius 3 is 2.38 bits per heavy atom. The molecule has 1 atom stereocenters. The number of rotatable bonds is 12. The van der Waals surface area contributed by atoms with Crippen molar-refractivity contribution in [1.82, 2.24) is 30.1 Å². The van der Waals surface area contributed by atoms with Gasteiger partial charge in [-0.3, -0.25) is 18.8 Å². The zero-order valence-electron chi connectivity index (χ0n) is 22.7. The van der Waals surface area contributed by atoms with E-state index in [2.05, 4.69) is 20.8 Å². The van der Waals surface area contributed by atoms with Gasteiger partial charge in [-0.1, -0.05) is 43.8 Å². The fourth-order valence-electron chi connectivity index (χ4n) is 3.70. The SMILES string of the molecule is C.CN(CC(N)=O)C(=O)OCc1cccc2nnc([C@@H](COCc3ccccc3)NC(=O)C(C)(C)NC(=O)C(=O)O)n12. The van der Waals surface area contributed by atoms with Crippen LogP contribution in [0.5, 0.6) is 0 Å². The Morgan fingerprint density at radius 2 is 1.74 bits per heavy atom. The van der Waals surface area contributed by atoms with Crippen LogP contribution in [0.3, 0.4) is 0 Å². The molecule has 15 nitrogen and oxygen atoms in total. The Morgan fingerprint density at radius 1 is 1.05 bits per heavy atom. The van der Waals surface area contributed by atoms with Crippen molar-refractivity contribution in [2.45, 2.75) is 46.1 Å². The number of carbonyl (C=O) groups excluding carboxylic acids is 4. The first-order valence-corrected chi connectivity index (χ1v) is 12.4. The average molecular weight is 586 g/mol. The van der Waals surface area contributed by atoms with Gasteiger partial charge in [0.05, 0.1) is 18.9 Å². The third kappa shape index (κ3) is 8.72. The van der Waals surface area contributed by atoms with E-state index in [1.54, 1.807) is 22.6 Å². The van der Waals surface area contributed by atoms with Gasteiger partial charge in [0.25, 0.3) is 0 Å². The number of hydrogen-bond acceptors (Lipinski definition) is 9. The zero-order valence-corrected chi connectivity index (χ0v) is 22.7. The number of nitrogens with zero attached hydrogens (tertiary/aromatic N) is 4. The molecule has 0 aliphatic carbocycles. The molecule has 3 rings (SSSR count). The summed E-state index contributed by atoms with van der Waals surface area (Å²) >= 11 is 0. The number of nitrogens with two attached hydrogens (primary N) is 1. The summed E-state index contributed by atoms with van der Waals surface area (Å²) in [5, 5.41) is 22.3. The fraction of sp³-hybridized carbons (Fsp3) is 0.370. The van der Waals surface area contributed by atoms with Crippen LogP contribution in [-0.4, -0.2) is 80.1 Å². The summed E-state index contributed by atoms with van der Waals surface area (Å²) < 4.78 is 12.8. The lowest BCUT2D eigenvalue weighted by Crippen LogP contribution is -2.57. The Hall–Kier alpha value is -5.05. The predicted molar refractivity (Wildman–Crippen MR) is 149 cm³/mol. The number of nitrogens with one attached hydrogen (secondary N) is 2. The molecule has 4 amide bonds. The van der Waals surface area contributed by atoms with Gasteiger partial charge in [-0.2, -0.15) is 0 Å². The van der Waals surface area contributed by atoms with Gasteiger partial charge in [0.15, 0.2) is 11.5 Å². The number of carbonyl (C=O) groups is 5. The van der Waals surface area contributed by atoms with Gasteiger partial charge in [0, 0.05) is 7.05 Å². The minimum atomic E-state index is -1.74. The number of likely N-dealkylation sites (N-methyl/N-ethyl adjacent to an activating group) is 1.